The second kappa shape index (κ2) is 5.94. The Bertz CT molecular complexity index is 554. The van der Waals surface area contributed by atoms with Gasteiger partial charge in [0.15, 0.2) is 0 Å². The Labute approximate surface area is 116 Å². The summed E-state index contributed by atoms with van der Waals surface area (Å²) in [6.07, 6.45) is 0.319. The first kappa shape index (κ1) is 13.0. The summed E-state index contributed by atoms with van der Waals surface area (Å²) in [4.78, 5) is 12.6. The van der Waals surface area contributed by atoms with Gasteiger partial charge in [0.25, 0.3) is 0 Å². The molecule has 0 saturated heterocycles. The summed E-state index contributed by atoms with van der Waals surface area (Å²) in [6.45, 7) is 0. The Morgan fingerprint density at radius 2 is 1.78 bits per heavy atom. The van der Waals surface area contributed by atoms with Crippen molar-refractivity contribution in [3.05, 3.63) is 59.1 Å². The van der Waals surface area contributed by atoms with Gasteiger partial charge in [-0.05, 0) is 29.8 Å². The summed E-state index contributed by atoms with van der Waals surface area (Å²) in [5, 5.41) is 3.49. The van der Waals surface area contributed by atoms with Crippen molar-refractivity contribution in [1.82, 2.24) is 0 Å². The molecule has 0 aromatic heterocycles. The number of benzene rings is 2. The summed E-state index contributed by atoms with van der Waals surface area (Å²) in [5.74, 6) is -0.0705. The largest absolute Gasteiger partial charge is 0.325 e. The zero-order valence-corrected chi connectivity index (χ0v) is 11.2. The van der Waals surface area contributed by atoms with Crippen molar-refractivity contribution >= 4 is 35.8 Å². The number of anilines is 1. The van der Waals surface area contributed by atoms with Crippen molar-refractivity contribution in [3.63, 3.8) is 0 Å². The second-order valence-electron chi connectivity index (χ2n) is 3.87. The number of hydrogen-bond acceptors (Lipinski definition) is 2. The molecule has 0 atom stereocenters. The molecule has 2 aromatic rings. The topological polar surface area (TPSA) is 29.1 Å². The van der Waals surface area contributed by atoms with E-state index in [1.54, 1.807) is 12.1 Å². The minimum atomic E-state index is -0.0705. The lowest BCUT2D eigenvalue weighted by atomic mass is 10.1. The summed E-state index contributed by atoms with van der Waals surface area (Å²) in [6, 6.07) is 14.6. The SMILES string of the molecule is O=C(Cc1ccc(Cl)cc1)Nc1ccccc1S. The molecule has 0 heterocycles. The van der Waals surface area contributed by atoms with Crippen LogP contribution in [0.2, 0.25) is 5.02 Å². The van der Waals surface area contributed by atoms with E-state index in [1.807, 2.05) is 36.4 Å². The zero-order chi connectivity index (χ0) is 13.0. The van der Waals surface area contributed by atoms with E-state index in [1.165, 1.54) is 0 Å². The molecule has 2 rings (SSSR count). The van der Waals surface area contributed by atoms with Crippen LogP contribution in [-0.4, -0.2) is 5.91 Å². The van der Waals surface area contributed by atoms with Crippen LogP contribution in [0, 0.1) is 0 Å². The summed E-state index contributed by atoms with van der Waals surface area (Å²) in [5.41, 5.74) is 1.65. The Morgan fingerprint density at radius 3 is 2.44 bits per heavy atom. The third-order valence-corrected chi connectivity index (χ3v) is 3.10. The van der Waals surface area contributed by atoms with E-state index in [9.17, 15) is 4.79 Å². The van der Waals surface area contributed by atoms with E-state index in [0.717, 1.165) is 16.1 Å². The van der Waals surface area contributed by atoms with Gasteiger partial charge in [0.1, 0.15) is 0 Å². The molecule has 0 bridgehead atoms. The van der Waals surface area contributed by atoms with Gasteiger partial charge < -0.3 is 5.32 Å². The maximum atomic E-state index is 11.8. The molecule has 92 valence electrons. The fraction of sp³-hybridized carbons (Fsp3) is 0.0714. The van der Waals surface area contributed by atoms with Crippen LogP contribution in [0.3, 0.4) is 0 Å². The van der Waals surface area contributed by atoms with Gasteiger partial charge in [-0.15, -0.1) is 12.6 Å². The molecular formula is C14H12ClNOS. The number of nitrogens with one attached hydrogen (secondary N) is 1. The first-order valence-electron chi connectivity index (χ1n) is 5.47. The molecule has 0 aliphatic carbocycles. The maximum absolute atomic E-state index is 11.8. The minimum absolute atomic E-state index is 0.0705. The van der Waals surface area contributed by atoms with Crippen LogP contribution in [0.5, 0.6) is 0 Å². The van der Waals surface area contributed by atoms with E-state index in [2.05, 4.69) is 17.9 Å². The van der Waals surface area contributed by atoms with Gasteiger partial charge >= 0.3 is 0 Å². The maximum Gasteiger partial charge on any atom is 0.228 e. The molecule has 2 aromatic carbocycles. The Morgan fingerprint density at radius 1 is 1.11 bits per heavy atom. The standard InChI is InChI=1S/C14H12ClNOS/c15-11-7-5-10(6-8-11)9-14(17)16-12-3-1-2-4-13(12)18/h1-8,18H,9H2,(H,16,17). The van der Waals surface area contributed by atoms with Crippen molar-refractivity contribution in [2.75, 3.05) is 5.32 Å². The fourth-order valence-electron chi connectivity index (χ4n) is 1.56. The second-order valence-corrected chi connectivity index (χ2v) is 4.79. The smallest absolute Gasteiger partial charge is 0.228 e. The van der Waals surface area contributed by atoms with E-state index in [0.29, 0.717) is 11.4 Å². The number of amides is 1. The van der Waals surface area contributed by atoms with E-state index in [4.69, 9.17) is 11.6 Å². The molecule has 0 spiro atoms. The molecule has 0 aliphatic rings. The van der Waals surface area contributed by atoms with E-state index >= 15 is 0 Å². The van der Waals surface area contributed by atoms with Gasteiger partial charge in [-0.25, -0.2) is 0 Å². The highest BCUT2D eigenvalue weighted by Crippen LogP contribution is 2.19. The number of carbonyl (C=O) groups is 1. The monoisotopic (exact) mass is 277 g/mol. The Hall–Kier alpha value is -1.45. The zero-order valence-electron chi connectivity index (χ0n) is 9.56. The number of hydrogen-bond donors (Lipinski definition) is 2. The van der Waals surface area contributed by atoms with Crippen molar-refractivity contribution in [1.29, 1.82) is 0 Å². The summed E-state index contributed by atoms with van der Waals surface area (Å²) < 4.78 is 0. The van der Waals surface area contributed by atoms with Gasteiger partial charge in [-0.2, -0.15) is 0 Å². The van der Waals surface area contributed by atoms with Crippen molar-refractivity contribution in [2.24, 2.45) is 0 Å². The average Bonchev–Trinajstić information content (AvgIpc) is 2.35. The third kappa shape index (κ3) is 3.52. The lowest BCUT2D eigenvalue weighted by Crippen LogP contribution is -2.14. The molecule has 18 heavy (non-hydrogen) atoms. The number of carbonyl (C=O) groups excluding carboxylic acids is 1. The van der Waals surface area contributed by atoms with Gasteiger partial charge in [0.05, 0.1) is 12.1 Å². The van der Waals surface area contributed by atoms with Crippen molar-refractivity contribution < 1.29 is 4.79 Å². The van der Waals surface area contributed by atoms with Gasteiger partial charge in [0.2, 0.25) is 5.91 Å². The number of para-hydroxylation sites is 1. The Balaban J connectivity index is 2.01. The first-order chi connectivity index (χ1) is 8.65. The van der Waals surface area contributed by atoms with Gasteiger partial charge in [-0.3, -0.25) is 4.79 Å². The summed E-state index contributed by atoms with van der Waals surface area (Å²) >= 11 is 10.1. The van der Waals surface area contributed by atoms with E-state index in [-0.39, 0.29) is 5.91 Å². The molecule has 2 nitrogen and oxygen atoms in total. The first-order valence-corrected chi connectivity index (χ1v) is 6.30. The van der Waals surface area contributed by atoms with Gasteiger partial charge in [0, 0.05) is 9.92 Å². The molecule has 0 fully saturated rings. The van der Waals surface area contributed by atoms with Crippen LogP contribution < -0.4 is 5.32 Å². The predicted octanol–water partition coefficient (Wildman–Crippen LogP) is 3.81. The molecule has 1 amide bonds. The molecule has 0 aliphatic heterocycles. The quantitative estimate of drug-likeness (QED) is 0.821. The highest BCUT2D eigenvalue weighted by Gasteiger charge is 2.05. The third-order valence-electron chi connectivity index (χ3n) is 2.46. The lowest BCUT2D eigenvalue weighted by Gasteiger charge is -2.07. The lowest BCUT2D eigenvalue weighted by molar-refractivity contribution is -0.115. The molecule has 0 saturated carbocycles. The van der Waals surface area contributed by atoms with E-state index < -0.39 is 0 Å². The molecular weight excluding hydrogens is 266 g/mol. The van der Waals surface area contributed by atoms with Crippen LogP contribution in [0.4, 0.5) is 5.69 Å². The summed E-state index contributed by atoms with van der Waals surface area (Å²) in [7, 11) is 0. The minimum Gasteiger partial charge on any atom is -0.325 e. The van der Waals surface area contributed by atoms with Gasteiger partial charge in [-0.1, -0.05) is 35.9 Å². The normalized spacial score (nSPS) is 10.1. The Kier molecular flexibility index (Phi) is 4.28. The number of halogens is 1. The average molecular weight is 278 g/mol. The van der Waals surface area contributed by atoms with Crippen molar-refractivity contribution in [3.8, 4) is 0 Å². The predicted molar refractivity (Wildman–Crippen MR) is 77.5 cm³/mol. The van der Waals surface area contributed by atoms with Crippen LogP contribution in [0.15, 0.2) is 53.4 Å². The number of rotatable bonds is 3. The van der Waals surface area contributed by atoms with Crippen molar-refractivity contribution in [2.45, 2.75) is 11.3 Å². The molecule has 0 radical (unpaired) electrons. The molecule has 0 unspecified atom stereocenters. The van der Waals surface area contributed by atoms with Crippen LogP contribution >= 0.6 is 24.2 Å². The van der Waals surface area contributed by atoms with Crippen LogP contribution in [0.25, 0.3) is 0 Å². The van der Waals surface area contributed by atoms with Crippen LogP contribution in [0.1, 0.15) is 5.56 Å². The highest BCUT2D eigenvalue weighted by atomic mass is 35.5. The van der Waals surface area contributed by atoms with Crippen LogP contribution in [-0.2, 0) is 11.2 Å². The molecule has 4 heteroatoms. The molecule has 1 N–H and O–H groups in total. The highest BCUT2D eigenvalue weighted by molar-refractivity contribution is 7.80. The fourth-order valence-corrected chi connectivity index (χ4v) is 1.90. The number of thiol groups is 1.